The topological polar surface area (TPSA) is 44.4 Å². The van der Waals surface area contributed by atoms with E-state index in [0.717, 1.165) is 32.6 Å². The summed E-state index contributed by atoms with van der Waals surface area (Å²) in [6.07, 6.45) is 2.33. The van der Waals surface area contributed by atoms with E-state index in [0.29, 0.717) is 12.0 Å². The number of hydrogen-bond acceptors (Lipinski definition) is 2. The monoisotopic (exact) mass is 197 g/mol. The molecule has 0 bridgehead atoms. The van der Waals surface area contributed by atoms with Crippen LogP contribution < -0.4 is 10.6 Å². The second-order valence-corrected chi connectivity index (χ2v) is 4.44. The minimum Gasteiger partial charge on any atom is -0.338 e. The molecular formula is C10H19N3O. The lowest BCUT2D eigenvalue weighted by Crippen LogP contribution is -2.57. The average molecular weight is 197 g/mol. The summed E-state index contributed by atoms with van der Waals surface area (Å²) in [7, 11) is 0. The number of piperidine rings is 1. The van der Waals surface area contributed by atoms with Gasteiger partial charge in [0, 0.05) is 25.7 Å². The molecule has 2 fully saturated rings. The van der Waals surface area contributed by atoms with Crippen LogP contribution in [0.5, 0.6) is 0 Å². The molecule has 0 aromatic heterocycles. The van der Waals surface area contributed by atoms with Crippen LogP contribution >= 0.6 is 0 Å². The van der Waals surface area contributed by atoms with Crippen LogP contribution in [0.1, 0.15) is 19.8 Å². The molecule has 2 amide bonds. The van der Waals surface area contributed by atoms with Gasteiger partial charge in [0.25, 0.3) is 0 Å². The van der Waals surface area contributed by atoms with Crippen LogP contribution in [0, 0.1) is 5.92 Å². The number of carbonyl (C=O) groups is 1. The Labute approximate surface area is 85.0 Å². The Hall–Kier alpha value is -0.770. The van der Waals surface area contributed by atoms with E-state index in [2.05, 4.69) is 17.6 Å². The third-order valence-electron chi connectivity index (χ3n) is 3.08. The number of carbonyl (C=O) groups excluding carboxylic acids is 1. The second kappa shape index (κ2) is 4.17. The van der Waals surface area contributed by atoms with E-state index in [1.165, 1.54) is 6.42 Å². The van der Waals surface area contributed by atoms with Gasteiger partial charge in [0.15, 0.2) is 0 Å². The first-order valence-corrected chi connectivity index (χ1v) is 5.52. The van der Waals surface area contributed by atoms with Crippen molar-refractivity contribution in [1.29, 1.82) is 0 Å². The fraction of sp³-hybridized carbons (Fsp3) is 0.900. The fourth-order valence-electron chi connectivity index (χ4n) is 2.26. The summed E-state index contributed by atoms with van der Waals surface area (Å²) in [6, 6.07) is 0.531. The zero-order valence-electron chi connectivity index (χ0n) is 8.75. The minimum atomic E-state index is 0.122. The van der Waals surface area contributed by atoms with Gasteiger partial charge < -0.3 is 15.5 Å². The lowest BCUT2D eigenvalue weighted by molar-refractivity contribution is 0.132. The van der Waals surface area contributed by atoms with Crippen LogP contribution in [0.25, 0.3) is 0 Å². The number of hydrogen-bond donors (Lipinski definition) is 2. The molecule has 2 heterocycles. The van der Waals surface area contributed by atoms with Crippen LogP contribution in [0.2, 0.25) is 0 Å². The zero-order chi connectivity index (χ0) is 9.97. The highest BCUT2D eigenvalue weighted by molar-refractivity contribution is 5.75. The molecule has 2 atom stereocenters. The number of nitrogens with zero attached hydrogens (tertiary/aromatic N) is 1. The Bertz CT molecular complexity index is 213. The number of rotatable bonds is 1. The van der Waals surface area contributed by atoms with E-state index in [4.69, 9.17) is 0 Å². The Kier molecular flexibility index (Phi) is 2.91. The second-order valence-electron chi connectivity index (χ2n) is 4.44. The van der Waals surface area contributed by atoms with Crippen LogP contribution in [0.15, 0.2) is 0 Å². The average Bonchev–Trinajstić information content (AvgIpc) is 2.23. The molecule has 4 nitrogen and oxygen atoms in total. The summed E-state index contributed by atoms with van der Waals surface area (Å²) in [6.45, 7) is 5.98. The van der Waals surface area contributed by atoms with E-state index in [1.807, 2.05) is 4.90 Å². The molecule has 0 saturated carbocycles. The van der Waals surface area contributed by atoms with E-state index in [-0.39, 0.29) is 6.03 Å². The summed E-state index contributed by atoms with van der Waals surface area (Å²) in [4.78, 5) is 13.6. The zero-order valence-corrected chi connectivity index (χ0v) is 8.75. The maximum atomic E-state index is 11.6. The van der Waals surface area contributed by atoms with E-state index < -0.39 is 0 Å². The molecule has 0 aromatic rings. The molecule has 2 N–H and O–H groups in total. The molecule has 0 aliphatic carbocycles. The summed E-state index contributed by atoms with van der Waals surface area (Å²) < 4.78 is 0. The predicted octanol–water partition coefficient (Wildman–Crippen LogP) is 0.400. The number of nitrogens with one attached hydrogen (secondary N) is 2. The molecule has 2 unspecified atom stereocenters. The number of urea groups is 1. The van der Waals surface area contributed by atoms with Crippen LogP contribution in [-0.4, -0.2) is 43.2 Å². The maximum absolute atomic E-state index is 11.6. The lowest BCUT2D eigenvalue weighted by Gasteiger charge is -2.39. The first-order valence-electron chi connectivity index (χ1n) is 5.52. The van der Waals surface area contributed by atoms with E-state index in [9.17, 15) is 4.79 Å². The molecule has 2 rings (SSSR count). The van der Waals surface area contributed by atoms with Gasteiger partial charge in [0.05, 0.1) is 0 Å². The molecule has 14 heavy (non-hydrogen) atoms. The Morgan fingerprint density at radius 1 is 1.43 bits per heavy atom. The van der Waals surface area contributed by atoms with Crippen molar-refractivity contribution in [2.75, 3.05) is 26.2 Å². The summed E-state index contributed by atoms with van der Waals surface area (Å²) in [5.74, 6) is 0.578. The van der Waals surface area contributed by atoms with Crippen molar-refractivity contribution in [3.05, 3.63) is 0 Å². The fourth-order valence-corrected chi connectivity index (χ4v) is 2.26. The molecular weight excluding hydrogens is 178 g/mol. The predicted molar refractivity (Wildman–Crippen MR) is 55.2 cm³/mol. The molecule has 0 radical (unpaired) electrons. The standard InChI is InChI=1S/C10H19N3O/c1-8-5-12-10(14)13(7-8)9-3-2-4-11-6-9/h8-9,11H,2-7H2,1H3,(H,12,14). The highest BCUT2D eigenvalue weighted by Crippen LogP contribution is 2.15. The first-order chi connectivity index (χ1) is 6.77. The van der Waals surface area contributed by atoms with Gasteiger partial charge in [-0.2, -0.15) is 0 Å². The molecule has 80 valence electrons. The van der Waals surface area contributed by atoms with Gasteiger partial charge in [0.2, 0.25) is 0 Å². The molecule has 2 saturated heterocycles. The Morgan fingerprint density at radius 3 is 3.00 bits per heavy atom. The van der Waals surface area contributed by atoms with Gasteiger partial charge in [-0.25, -0.2) is 4.79 Å². The molecule has 0 spiro atoms. The Balaban J connectivity index is 1.96. The quantitative estimate of drug-likeness (QED) is 0.639. The highest BCUT2D eigenvalue weighted by Gasteiger charge is 2.29. The van der Waals surface area contributed by atoms with Crippen LogP contribution in [0.4, 0.5) is 4.79 Å². The van der Waals surface area contributed by atoms with Crippen LogP contribution in [0.3, 0.4) is 0 Å². The minimum absolute atomic E-state index is 0.122. The molecule has 4 heteroatoms. The van der Waals surface area contributed by atoms with Crippen molar-refractivity contribution in [2.24, 2.45) is 5.92 Å². The Morgan fingerprint density at radius 2 is 2.29 bits per heavy atom. The maximum Gasteiger partial charge on any atom is 0.317 e. The SMILES string of the molecule is CC1CNC(=O)N(C2CCCNC2)C1. The van der Waals surface area contributed by atoms with Gasteiger partial charge in [-0.1, -0.05) is 6.92 Å². The number of amides is 2. The van der Waals surface area contributed by atoms with Crippen molar-refractivity contribution in [1.82, 2.24) is 15.5 Å². The largest absolute Gasteiger partial charge is 0.338 e. The van der Waals surface area contributed by atoms with E-state index in [1.54, 1.807) is 0 Å². The third-order valence-corrected chi connectivity index (χ3v) is 3.08. The van der Waals surface area contributed by atoms with Crippen molar-refractivity contribution in [3.8, 4) is 0 Å². The smallest absolute Gasteiger partial charge is 0.317 e. The summed E-state index contributed by atoms with van der Waals surface area (Å²) in [5.41, 5.74) is 0. The third kappa shape index (κ3) is 2.00. The first kappa shape index (κ1) is 9.77. The highest BCUT2D eigenvalue weighted by atomic mass is 16.2. The van der Waals surface area contributed by atoms with Gasteiger partial charge in [0.1, 0.15) is 0 Å². The van der Waals surface area contributed by atoms with Crippen molar-refractivity contribution >= 4 is 6.03 Å². The van der Waals surface area contributed by atoms with Gasteiger partial charge >= 0.3 is 6.03 Å². The molecule has 2 aliphatic heterocycles. The normalized spacial score (nSPS) is 34.1. The van der Waals surface area contributed by atoms with E-state index >= 15 is 0 Å². The molecule has 2 aliphatic rings. The molecule has 0 aromatic carbocycles. The van der Waals surface area contributed by atoms with Crippen molar-refractivity contribution < 1.29 is 4.79 Å². The van der Waals surface area contributed by atoms with Gasteiger partial charge in [-0.15, -0.1) is 0 Å². The van der Waals surface area contributed by atoms with Crippen molar-refractivity contribution in [3.63, 3.8) is 0 Å². The van der Waals surface area contributed by atoms with Crippen LogP contribution in [-0.2, 0) is 0 Å². The summed E-state index contributed by atoms with van der Waals surface area (Å²) in [5, 5.41) is 6.28. The van der Waals surface area contributed by atoms with Crippen molar-refractivity contribution in [2.45, 2.75) is 25.8 Å². The van der Waals surface area contributed by atoms with Gasteiger partial charge in [-0.3, -0.25) is 0 Å². The van der Waals surface area contributed by atoms with Gasteiger partial charge in [-0.05, 0) is 25.3 Å². The lowest BCUT2D eigenvalue weighted by atomic mass is 10.0. The summed E-state index contributed by atoms with van der Waals surface area (Å²) >= 11 is 0.